The van der Waals surface area contributed by atoms with Gasteiger partial charge >= 0.3 is 0 Å². The molecule has 9 aromatic rings. The Bertz CT molecular complexity index is 2530. The fraction of sp³-hybridized carbons (Fsp3) is 0. The standard InChI is InChI=1S/C42H28FN3/c43-29-26-27-33-34-21-12-25-39(42(34)46(40(33)28-29)32-18-8-3-9-19-32)45(31-16-6-2-7-17-31)38-24-13-23-37-41(38)35-20-10-11-22-36(35)44(37)30-14-4-1-5-15-30/h1-28H. The van der Waals surface area contributed by atoms with Crippen LogP contribution in [0.5, 0.6) is 0 Å². The summed E-state index contributed by atoms with van der Waals surface area (Å²) in [5, 5.41) is 4.41. The van der Waals surface area contributed by atoms with E-state index in [1.807, 2.05) is 30.3 Å². The number of halogens is 1. The van der Waals surface area contributed by atoms with Gasteiger partial charge in [-0.25, -0.2) is 4.39 Å². The van der Waals surface area contributed by atoms with Crippen LogP contribution in [0.3, 0.4) is 0 Å². The highest BCUT2D eigenvalue weighted by atomic mass is 19.1. The molecule has 4 heteroatoms. The molecule has 2 heterocycles. The van der Waals surface area contributed by atoms with Crippen LogP contribution in [0.2, 0.25) is 0 Å². The van der Waals surface area contributed by atoms with Crippen LogP contribution >= 0.6 is 0 Å². The van der Waals surface area contributed by atoms with E-state index in [1.54, 1.807) is 12.1 Å². The molecule has 0 bridgehead atoms. The number of para-hydroxylation sites is 5. The van der Waals surface area contributed by atoms with Crippen LogP contribution in [0.25, 0.3) is 55.0 Å². The van der Waals surface area contributed by atoms with Crippen molar-refractivity contribution < 1.29 is 4.39 Å². The first-order valence-electron chi connectivity index (χ1n) is 15.5. The highest BCUT2D eigenvalue weighted by Gasteiger charge is 2.25. The molecular formula is C42H28FN3. The van der Waals surface area contributed by atoms with Gasteiger partial charge in [-0.05, 0) is 78.9 Å². The Kier molecular flexibility index (Phi) is 6.00. The third-order valence-corrected chi connectivity index (χ3v) is 8.93. The van der Waals surface area contributed by atoms with Gasteiger partial charge in [-0.3, -0.25) is 0 Å². The predicted octanol–water partition coefficient (Wildman–Crippen LogP) is 11.5. The van der Waals surface area contributed by atoms with E-state index in [0.29, 0.717) is 0 Å². The summed E-state index contributed by atoms with van der Waals surface area (Å²) in [5.74, 6) is -0.257. The highest BCUT2D eigenvalue weighted by Crippen LogP contribution is 2.47. The molecule has 0 atom stereocenters. The second-order valence-corrected chi connectivity index (χ2v) is 11.5. The number of hydrogen-bond donors (Lipinski definition) is 0. The lowest BCUT2D eigenvalue weighted by Gasteiger charge is -2.28. The summed E-state index contributed by atoms with van der Waals surface area (Å²) >= 11 is 0. The van der Waals surface area contributed by atoms with Gasteiger partial charge in [0, 0.05) is 38.6 Å². The van der Waals surface area contributed by atoms with E-state index in [2.05, 4.69) is 141 Å². The largest absolute Gasteiger partial charge is 0.309 e. The molecule has 9 rings (SSSR count). The van der Waals surface area contributed by atoms with Crippen molar-refractivity contribution >= 4 is 60.7 Å². The van der Waals surface area contributed by atoms with Crippen LogP contribution in [0, 0.1) is 5.82 Å². The van der Waals surface area contributed by atoms with Crippen molar-refractivity contribution in [2.24, 2.45) is 0 Å². The Balaban J connectivity index is 1.44. The van der Waals surface area contributed by atoms with E-state index in [4.69, 9.17) is 0 Å². The Labute approximate surface area is 265 Å². The SMILES string of the molecule is Fc1ccc2c3cccc(N(c4ccccc4)c4cccc5c4c4ccccc4n5-c4ccccc4)c3n(-c3ccccc3)c2c1. The molecule has 0 aliphatic heterocycles. The number of anilines is 3. The Morgan fingerprint density at radius 3 is 1.76 bits per heavy atom. The van der Waals surface area contributed by atoms with E-state index < -0.39 is 0 Å². The molecule has 0 amide bonds. The Morgan fingerprint density at radius 2 is 1.00 bits per heavy atom. The molecule has 0 aliphatic rings. The number of benzene rings is 7. The van der Waals surface area contributed by atoms with Gasteiger partial charge in [0.05, 0.1) is 33.4 Å². The molecule has 0 unspecified atom stereocenters. The van der Waals surface area contributed by atoms with E-state index in [9.17, 15) is 4.39 Å². The minimum atomic E-state index is -0.257. The first kappa shape index (κ1) is 26.3. The van der Waals surface area contributed by atoms with Crippen LogP contribution < -0.4 is 4.90 Å². The van der Waals surface area contributed by atoms with Crippen LogP contribution in [-0.2, 0) is 0 Å². The fourth-order valence-corrected chi connectivity index (χ4v) is 7.07. The van der Waals surface area contributed by atoms with Gasteiger partial charge in [-0.2, -0.15) is 0 Å². The summed E-state index contributed by atoms with van der Waals surface area (Å²) < 4.78 is 19.4. The van der Waals surface area contributed by atoms with E-state index in [-0.39, 0.29) is 5.82 Å². The minimum Gasteiger partial charge on any atom is -0.309 e. The van der Waals surface area contributed by atoms with Crippen molar-refractivity contribution in [2.45, 2.75) is 0 Å². The molecule has 2 aromatic heterocycles. The van der Waals surface area contributed by atoms with Crippen LogP contribution in [-0.4, -0.2) is 9.13 Å². The van der Waals surface area contributed by atoms with E-state index in [1.165, 1.54) is 5.39 Å². The molecule has 46 heavy (non-hydrogen) atoms. The lowest BCUT2D eigenvalue weighted by Crippen LogP contribution is -2.12. The van der Waals surface area contributed by atoms with Gasteiger partial charge in [0.2, 0.25) is 0 Å². The molecule has 0 fully saturated rings. The molecule has 218 valence electrons. The first-order chi connectivity index (χ1) is 22.8. The summed E-state index contributed by atoms with van der Waals surface area (Å²) in [6.07, 6.45) is 0. The van der Waals surface area contributed by atoms with Crippen molar-refractivity contribution in [1.29, 1.82) is 0 Å². The Hall–Kier alpha value is -6.13. The number of aromatic nitrogens is 2. The second kappa shape index (κ2) is 10.5. The summed E-state index contributed by atoms with van der Waals surface area (Å²) in [7, 11) is 0. The molecule has 3 nitrogen and oxygen atoms in total. The van der Waals surface area contributed by atoms with Crippen molar-refractivity contribution in [3.63, 3.8) is 0 Å². The molecule has 0 saturated heterocycles. The van der Waals surface area contributed by atoms with Crippen molar-refractivity contribution in [3.05, 3.63) is 176 Å². The van der Waals surface area contributed by atoms with Gasteiger partial charge in [-0.1, -0.05) is 91.0 Å². The van der Waals surface area contributed by atoms with Crippen LogP contribution in [0.1, 0.15) is 0 Å². The number of fused-ring (bicyclic) bond motifs is 6. The molecule has 0 N–H and O–H groups in total. The molecule has 0 spiro atoms. The predicted molar refractivity (Wildman–Crippen MR) is 190 cm³/mol. The van der Waals surface area contributed by atoms with Crippen molar-refractivity contribution in [2.75, 3.05) is 4.90 Å². The highest BCUT2D eigenvalue weighted by molar-refractivity contribution is 6.19. The summed E-state index contributed by atoms with van der Waals surface area (Å²) in [6.45, 7) is 0. The summed E-state index contributed by atoms with van der Waals surface area (Å²) in [5.41, 5.74) is 9.33. The third-order valence-electron chi connectivity index (χ3n) is 8.93. The molecule has 7 aromatic carbocycles. The monoisotopic (exact) mass is 593 g/mol. The minimum absolute atomic E-state index is 0.257. The molecule has 0 saturated carbocycles. The number of hydrogen-bond acceptors (Lipinski definition) is 1. The average Bonchev–Trinajstić information content (AvgIpc) is 3.63. The maximum absolute atomic E-state index is 14.9. The normalized spacial score (nSPS) is 11.6. The number of nitrogens with zero attached hydrogens (tertiary/aromatic N) is 3. The summed E-state index contributed by atoms with van der Waals surface area (Å²) in [6, 6.07) is 58.0. The van der Waals surface area contributed by atoms with Gasteiger partial charge in [0.1, 0.15) is 5.82 Å². The lowest BCUT2D eigenvalue weighted by molar-refractivity contribution is 0.629. The average molecular weight is 594 g/mol. The van der Waals surface area contributed by atoms with E-state index in [0.717, 1.165) is 66.7 Å². The Morgan fingerprint density at radius 1 is 0.413 bits per heavy atom. The van der Waals surface area contributed by atoms with Crippen molar-refractivity contribution in [3.8, 4) is 11.4 Å². The van der Waals surface area contributed by atoms with Gasteiger partial charge in [0.15, 0.2) is 0 Å². The molecule has 0 aliphatic carbocycles. The fourth-order valence-electron chi connectivity index (χ4n) is 7.07. The van der Waals surface area contributed by atoms with Crippen LogP contribution in [0.15, 0.2) is 170 Å². The maximum atomic E-state index is 14.9. The van der Waals surface area contributed by atoms with Crippen LogP contribution in [0.4, 0.5) is 21.5 Å². The zero-order valence-electron chi connectivity index (χ0n) is 24.9. The van der Waals surface area contributed by atoms with Gasteiger partial charge < -0.3 is 14.0 Å². The van der Waals surface area contributed by atoms with E-state index >= 15 is 0 Å². The lowest BCUT2D eigenvalue weighted by atomic mass is 10.1. The van der Waals surface area contributed by atoms with Crippen molar-refractivity contribution in [1.82, 2.24) is 9.13 Å². The topological polar surface area (TPSA) is 13.1 Å². The smallest absolute Gasteiger partial charge is 0.125 e. The number of rotatable bonds is 5. The molecule has 0 radical (unpaired) electrons. The van der Waals surface area contributed by atoms with Gasteiger partial charge in [0.25, 0.3) is 0 Å². The zero-order chi connectivity index (χ0) is 30.6. The zero-order valence-corrected chi connectivity index (χ0v) is 24.9. The first-order valence-corrected chi connectivity index (χ1v) is 15.5. The maximum Gasteiger partial charge on any atom is 0.125 e. The molecular weight excluding hydrogens is 565 g/mol. The second-order valence-electron chi connectivity index (χ2n) is 11.5. The third kappa shape index (κ3) is 3.97. The quantitative estimate of drug-likeness (QED) is 0.193. The summed E-state index contributed by atoms with van der Waals surface area (Å²) in [4.78, 5) is 2.36. The van der Waals surface area contributed by atoms with Gasteiger partial charge in [-0.15, -0.1) is 0 Å².